The highest BCUT2D eigenvalue weighted by Gasteiger charge is 2.29. The van der Waals surface area contributed by atoms with Gasteiger partial charge in [0.1, 0.15) is 11.3 Å². The summed E-state index contributed by atoms with van der Waals surface area (Å²) in [4.78, 5) is 32.0. The van der Waals surface area contributed by atoms with Gasteiger partial charge in [-0.15, -0.1) is 5.11 Å². The van der Waals surface area contributed by atoms with E-state index in [0.29, 0.717) is 17.0 Å². The molecule has 0 spiro atoms. The van der Waals surface area contributed by atoms with Crippen LogP contribution in [0.5, 0.6) is 5.75 Å². The number of nitrogens with zero attached hydrogens (tertiary/aromatic N) is 4. The smallest absolute Gasteiger partial charge is 0.308 e. The summed E-state index contributed by atoms with van der Waals surface area (Å²) in [7, 11) is 0. The normalized spacial score (nSPS) is 10.8. The van der Waals surface area contributed by atoms with E-state index >= 15 is 0 Å². The summed E-state index contributed by atoms with van der Waals surface area (Å²) in [5.41, 5.74) is -0.175. The number of rotatable bonds is 5. The van der Waals surface area contributed by atoms with Crippen molar-refractivity contribution in [3.05, 3.63) is 60.1 Å². The fraction of sp³-hybridized carbons (Fsp3) is 0.188. The van der Waals surface area contributed by atoms with E-state index in [1.54, 1.807) is 13.0 Å². The first kappa shape index (κ1) is 20.1. The summed E-state index contributed by atoms with van der Waals surface area (Å²) in [6.07, 6.45) is 0. The third kappa shape index (κ3) is 4.50. The third-order valence-corrected chi connectivity index (χ3v) is 4.11. The fourth-order valence-corrected chi connectivity index (χ4v) is 2.77. The van der Waals surface area contributed by atoms with Crippen molar-refractivity contribution in [2.45, 2.75) is 20.8 Å². The molecule has 2 aromatic rings. The van der Waals surface area contributed by atoms with Crippen molar-refractivity contribution in [2.75, 3.05) is 0 Å². The molecule has 0 aromatic heterocycles. The van der Waals surface area contributed by atoms with Gasteiger partial charge >= 0.3 is 11.7 Å². The lowest BCUT2D eigenvalue weighted by Crippen LogP contribution is -2.02. The van der Waals surface area contributed by atoms with Gasteiger partial charge in [0.05, 0.1) is 20.0 Å². The molecule has 0 saturated heterocycles. The van der Waals surface area contributed by atoms with Crippen molar-refractivity contribution >= 4 is 44.6 Å². The van der Waals surface area contributed by atoms with Gasteiger partial charge in [-0.25, -0.2) is 0 Å². The Balaban J connectivity index is 2.49. The number of aryl methyl sites for hydroxylation is 1. The summed E-state index contributed by atoms with van der Waals surface area (Å²) >= 11 is 3.08. The van der Waals surface area contributed by atoms with Gasteiger partial charge in [-0.1, -0.05) is 0 Å². The van der Waals surface area contributed by atoms with Gasteiger partial charge in [-0.2, -0.15) is 5.11 Å². The number of esters is 1. The van der Waals surface area contributed by atoms with Gasteiger partial charge in [-0.3, -0.25) is 25.0 Å². The van der Waals surface area contributed by atoms with Crippen molar-refractivity contribution in [1.29, 1.82) is 0 Å². The number of nitro benzene ring substituents is 2. The molecular formula is C16H13BrN4O6. The maximum absolute atomic E-state index is 11.4. The Labute approximate surface area is 161 Å². The molecule has 0 bridgehead atoms. The van der Waals surface area contributed by atoms with Crippen LogP contribution in [0.15, 0.2) is 39.0 Å². The highest BCUT2D eigenvalue weighted by Crippen LogP contribution is 2.43. The molecule has 0 aliphatic rings. The Morgan fingerprint density at radius 2 is 1.78 bits per heavy atom. The first-order valence-corrected chi connectivity index (χ1v) is 8.23. The van der Waals surface area contributed by atoms with Gasteiger partial charge < -0.3 is 4.74 Å². The maximum Gasteiger partial charge on any atom is 0.308 e. The summed E-state index contributed by atoms with van der Waals surface area (Å²) in [5, 5.41) is 30.3. The highest BCUT2D eigenvalue weighted by atomic mass is 79.9. The van der Waals surface area contributed by atoms with E-state index in [0.717, 1.165) is 6.07 Å². The van der Waals surface area contributed by atoms with E-state index < -0.39 is 27.2 Å². The number of benzene rings is 2. The van der Waals surface area contributed by atoms with Gasteiger partial charge in [0.2, 0.25) is 0 Å². The quantitative estimate of drug-likeness (QED) is 0.207. The van der Waals surface area contributed by atoms with Gasteiger partial charge in [-0.05, 0) is 53.5 Å². The van der Waals surface area contributed by atoms with E-state index in [9.17, 15) is 25.0 Å². The molecule has 27 heavy (non-hydrogen) atoms. The molecule has 2 rings (SSSR count). The van der Waals surface area contributed by atoms with Crippen LogP contribution in [-0.2, 0) is 4.79 Å². The highest BCUT2D eigenvalue weighted by molar-refractivity contribution is 9.10. The fourth-order valence-electron chi connectivity index (χ4n) is 2.29. The number of ether oxygens (including phenoxy) is 1. The molecule has 0 N–H and O–H groups in total. The molecule has 0 radical (unpaired) electrons. The van der Waals surface area contributed by atoms with Crippen molar-refractivity contribution in [3.63, 3.8) is 0 Å². The maximum atomic E-state index is 11.4. The molecule has 10 nitrogen and oxygen atoms in total. The van der Waals surface area contributed by atoms with Gasteiger partial charge in [0, 0.05) is 13.0 Å². The predicted molar refractivity (Wildman–Crippen MR) is 98.9 cm³/mol. The van der Waals surface area contributed by atoms with Crippen molar-refractivity contribution in [3.8, 4) is 5.75 Å². The molecule has 0 heterocycles. The van der Waals surface area contributed by atoms with Crippen LogP contribution >= 0.6 is 15.9 Å². The number of hydrogen-bond acceptors (Lipinski definition) is 8. The first-order chi connectivity index (χ1) is 12.6. The lowest BCUT2D eigenvalue weighted by molar-refractivity contribution is -0.394. The first-order valence-electron chi connectivity index (χ1n) is 7.44. The van der Waals surface area contributed by atoms with Gasteiger partial charge in [0.15, 0.2) is 5.69 Å². The minimum absolute atomic E-state index is 0.0727. The lowest BCUT2D eigenvalue weighted by Gasteiger charge is -2.06. The molecule has 0 saturated carbocycles. The van der Waals surface area contributed by atoms with Crippen LogP contribution < -0.4 is 4.74 Å². The second-order valence-electron chi connectivity index (χ2n) is 5.46. The number of azo groups is 1. The van der Waals surface area contributed by atoms with E-state index in [2.05, 4.69) is 26.2 Å². The molecule has 0 amide bonds. The van der Waals surface area contributed by atoms with Crippen molar-refractivity contribution in [1.82, 2.24) is 0 Å². The van der Waals surface area contributed by atoms with E-state index in [-0.39, 0.29) is 15.7 Å². The molecule has 0 fully saturated rings. The number of hydrogen-bond donors (Lipinski definition) is 0. The predicted octanol–water partition coefficient (Wildman–Crippen LogP) is 5.22. The zero-order valence-corrected chi connectivity index (χ0v) is 16.0. The summed E-state index contributed by atoms with van der Waals surface area (Å²) < 4.78 is 5.08. The second kappa shape index (κ2) is 7.99. The minimum atomic E-state index is -0.740. The Hall–Kier alpha value is -3.21. The van der Waals surface area contributed by atoms with Crippen molar-refractivity contribution < 1.29 is 19.4 Å². The second-order valence-corrected chi connectivity index (χ2v) is 6.31. The molecular weight excluding hydrogens is 424 g/mol. The van der Waals surface area contributed by atoms with Crippen molar-refractivity contribution in [2.24, 2.45) is 10.2 Å². The Kier molecular flexibility index (Phi) is 5.95. The Morgan fingerprint density at radius 1 is 1.11 bits per heavy atom. The monoisotopic (exact) mass is 436 g/mol. The number of nitro groups is 2. The zero-order chi connectivity index (χ0) is 20.3. The van der Waals surface area contributed by atoms with Crippen LogP contribution in [-0.4, -0.2) is 15.8 Å². The average Bonchev–Trinajstić information content (AvgIpc) is 2.56. The van der Waals surface area contributed by atoms with Crippen LogP contribution in [0.25, 0.3) is 0 Å². The topological polar surface area (TPSA) is 137 Å². The Morgan fingerprint density at radius 3 is 2.30 bits per heavy atom. The molecule has 0 aliphatic heterocycles. The molecule has 11 heteroatoms. The minimum Gasteiger partial charge on any atom is -0.426 e. The summed E-state index contributed by atoms with van der Waals surface area (Å²) in [6.45, 7) is 4.26. The van der Waals surface area contributed by atoms with Crippen LogP contribution in [0.4, 0.5) is 22.7 Å². The molecule has 0 atom stereocenters. The third-order valence-electron chi connectivity index (χ3n) is 3.51. The van der Waals surface area contributed by atoms with Crippen LogP contribution in [0, 0.1) is 34.1 Å². The number of carbonyl (C=O) groups is 1. The largest absolute Gasteiger partial charge is 0.426 e. The standard InChI is InChI=1S/C16H13BrN4O6/c1-8-6-11(4-5-14(8)27-10(3)22)18-19-15-12(17)7-13(20(23)24)9(2)16(15)21(25)26/h4-7H,1-3H3. The number of halogens is 1. The van der Waals surface area contributed by atoms with Crippen LogP contribution in [0.2, 0.25) is 0 Å². The zero-order valence-electron chi connectivity index (χ0n) is 14.4. The van der Waals surface area contributed by atoms with Crippen LogP contribution in [0.3, 0.4) is 0 Å². The Bertz CT molecular complexity index is 989. The van der Waals surface area contributed by atoms with Gasteiger partial charge in [0.25, 0.3) is 5.69 Å². The number of carbonyl (C=O) groups excluding carboxylic acids is 1. The average molecular weight is 437 g/mol. The molecule has 2 aromatic carbocycles. The summed E-state index contributed by atoms with van der Waals surface area (Å²) in [6, 6.07) is 5.77. The molecule has 0 unspecified atom stereocenters. The molecule has 0 aliphatic carbocycles. The van der Waals surface area contributed by atoms with Crippen LogP contribution in [0.1, 0.15) is 18.1 Å². The lowest BCUT2D eigenvalue weighted by atomic mass is 10.1. The van der Waals surface area contributed by atoms with E-state index in [4.69, 9.17) is 4.74 Å². The summed E-state index contributed by atoms with van der Waals surface area (Å²) in [5.74, 6) is -0.104. The molecule has 140 valence electrons. The van der Waals surface area contributed by atoms with E-state index in [1.807, 2.05) is 0 Å². The SMILES string of the molecule is CC(=O)Oc1ccc(N=Nc2c(Br)cc([N+](=O)[O-])c(C)c2[N+](=O)[O-])cc1C. The van der Waals surface area contributed by atoms with E-state index in [1.165, 1.54) is 26.0 Å².